The van der Waals surface area contributed by atoms with Crippen LogP contribution in [-0.2, 0) is 0 Å². The van der Waals surface area contributed by atoms with Gasteiger partial charge in [0, 0.05) is 0 Å². The van der Waals surface area contributed by atoms with Crippen LogP contribution in [0.4, 0.5) is 0 Å². The van der Waals surface area contributed by atoms with E-state index in [1.807, 2.05) is 0 Å². The smallest absolute Gasteiger partial charge is 0.0692 e. The number of hydrogen-bond donors (Lipinski definition) is 0. The van der Waals surface area contributed by atoms with Crippen LogP contribution in [0.3, 0.4) is 0 Å². The lowest BCUT2D eigenvalue weighted by atomic mass is 9.53. The molecule has 3 saturated carbocycles. The first kappa shape index (κ1) is 22.2. The number of fused-ring (bicyclic) bond motifs is 1. The van der Waals surface area contributed by atoms with Gasteiger partial charge in [0.15, 0.2) is 0 Å². The third-order valence-corrected chi connectivity index (χ3v) is 9.10. The minimum absolute atomic E-state index is 0.0598. The van der Waals surface area contributed by atoms with Gasteiger partial charge in [-0.15, -0.1) is 0 Å². The highest BCUT2D eigenvalue weighted by molar-refractivity contribution is 5.09. The van der Waals surface area contributed by atoms with E-state index in [4.69, 9.17) is 0 Å². The van der Waals surface area contributed by atoms with E-state index in [0.29, 0.717) is 0 Å². The zero-order valence-electron chi connectivity index (χ0n) is 19.1. The molecule has 3 rings (SSSR count). The second kappa shape index (κ2) is 11.0. The summed E-state index contributed by atoms with van der Waals surface area (Å²) in [6.45, 7) is 4.62. The van der Waals surface area contributed by atoms with Crippen LogP contribution in [0, 0.1) is 46.3 Å². The Hall–Kier alpha value is -0.510. The number of nitriles is 1. The zero-order valence-corrected chi connectivity index (χ0v) is 19.1. The van der Waals surface area contributed by atoms with Crippen molar-refractivity contribution in [2.45, 2.75) is 129 Å². The van der Waals surface area contributed by atoms with Crippen LogP contribution >= 0.6 is 0 Å². The highest BCUT2D eigenvalue weighted by Gasteiger charge is 2.48. The van der Waals surface area contributed by atoms with E-state index < -0.39 is 0 Å². The molecule has 160 valence electrons. The van der Waals surface area contributed by atoms with Crippen LogP contribution in [0.1, 0.15) is 129 Å². The Labute approximate surface area is 176 Å². The molecule has 0 saturated heterocycles. The molecular formula is C27H47N. The molecule has 0 radical (unpaired) electrons. The van der Waals surface area contributed by atoms with Crippen molar-refractivity contribution in [3.8, 4) is 6.07 Å². The van der Waals surface area contributed by atoms with Gasteiger partial charge in [0.2, 0.25) is 0 Å². The van der Waals surface area contributed by atoms with Crippen molar-refractivity contribution in [1.82, 2.24) is 0 Å². The van der Waals surface area contributed by atoms with Crippen LogP contribution in [-0.4, -0.2) is 0 Å². The summed E-state index contributed by atoms with van der Waals surface area (Å²) in [5.41, 5.74) is 0.0598. The molecule has 0 spiro atoms. The number of rotatable bonds is 9. The van der Waals surface area contributed by atoms with E-state index in [2.05, 4.69) is 19.9 Å². The van der Waals surface area contributed by atoms with E-state index in [0.717, 1.165) is 29.6 Å². The first-order valence-electron chi connectivity index (χ1n) is 13.1. The van der Waals surface area contributed by atoms with Gasteiger partial charge in [0.05, 0.1) is 11.5 Å². The molecule has 1 unspecified atom stereocenters. The molecule has 3 aliphatic carbocycles. The van der Waals surface area contributed by atoms with Gasteiger partial charge >= 0.3 is 0 Å². The van der Waals surface area contributed by atoms with Gasteiger partial charge in [-0.25, -0.2) is 0 Å². The van der Waals surface area contributed by atoms with Gasteiger partial charge in [-0.05, 0) is 74.5 Å². The monoisotopic (exact) mass is 385 g/mol. The Morgan fingerprint density at radius 2 is 1.50 bits per heavy atom. The normalized spacial score (nSPS) is 38.5. The second-order valence-electron chi connectivity index (χ2n) is 10.9. The maximum atomic E-state index is 10.1. The predicted octanol–water partition coefficient (Wildman–Crippen LogP) is 8.68. The Balaban J connectivity index is 1.42. The molecule has 28 heavy (non-hydrogen) atoms. The third-order valence-electron chi connectivity index (χ3n) is 9.10. The van der Waals surface area contributed by atoms with Crippen molar-refractivity contribution in [3.05, 3.63) is 0 Å². The average Bonchev–Trinajstić information content (AvgIpc) is 2.74. The molecule has 0 amide bonds. The molecule has 3 aliphatic rings. The molecule has 0 aromatic rings. The van der Waals surface area contributed by atoms with Crippen LogP contribution in [0.2, 0.25) is 0 Å². The summed E-state index contributed by atoms with van der Waals surface area (Å²) < 4.78 is 0. The van der Waals surface area contributed by atoms with Crippen LogP contribution < -0.4 is 0 Å². The fraction of sp³-hybridized carbons (Fsp3) is 0.963. The van der Waals surface area contributed by atoms with Crippen LogP contribution in [0.15, 0.2) is 0 Å². The molecular weight excluding hydrogens is 338 g/mol. The van der Waals surface area contributed by atoms with E-state index >= 15 is 0 Å². The van der Waals surface area contributed by atoms with Gasteiger partial charge in [-0.3, -0.25) is 0 Å². The molecule has 1 nitrogen and oxygen atoms in total. The molecule has 0 aromatic heterocycles. The number of nitrogens with zero attached hydrogens (tertiary/aromatic N) is 1. The summed E-state index contributed by atoms with van der Waals surface area (Å²) in [7, 11) is 0. The van der Waals surface area contributed by atoms with Gasteiger partial charge < -0.3 is 0 Å². The van der Waals surface area contributed by atoms with Crippen molar-refractivity contribution in [2.75, 3.05) is 0 Å². The number of hydrogen-bond acceptors (Lipinski definition) is 1. The highest BCUT2D eigenvalue weighted by Crippen LogP contribution is 2.56. The molecule has 3 fully saturated rings. The van der Waals surface area contributed by atoms with E-state index in [-0.39, 0.29) is 5.41 Å². The summed E-state index contributed by atoms with van der Waals surface area (Å²) in [5, 5.41) is 10.1. The Morgan fingerprint density at radius 3 is 2.21 bits per heavy atom. The van der Waals surface area contributed by atoms with Crippen LogP contribution in [0.25, 0.3) is 0 Å². The first-order valence-corrected chi connectivity index (χ1v) is 13.1. The van der Waals surface area contributed by atoms with Crippen LogP contribution in [0.5, 0.6) is 0 Å². The molecule has 0 heterocycles. The largest absolute Gasteiger partial charge is 0.198 e. The number of unbranched alkanes of at least 4 members (excludes halogenated alkanes) is 4. The predicted molar refractivity (Wildman–Crippen MR) is 120 cm³/mol. The van der Waals surface area contributed by atoms with Crippen molar-refractivity contribution in [3.63, 3.8) is 0 Å². The van der Waals surface area contributed by atoms with Gasteiger partial charge in [-0.2, -0.15) is 5.26 Å². The summed E-state index contributed by atoms with van der Waals surface area (Å²) in [5.74, 6) is 4.52. The quantitative estimate of drug-likeness (QED) is 0.364. The highest BCUT2D eigenvalue weighted by atomic mass is 14.5. The second-order valence-corrected chi connectivity index (χ2v) is 10.9. The Morgan fingerprint density at radius 1 is 0.750 bits per heavy atom. The Kier molecular flexibility index (Phi) is 8.74. The molecule has 0 aromatic carbocycles. The lowest BCUT2D eigenvalue weighted by molar-refractivity contribution is 0.0149. The molecule has 0 aliphatic heterocycles. The third kappa shape index (κ3) is 5.55. The van der Waals surface area contributed by atoms with Crippen molar-refractivity contribution in [2.24, 2.45) is 35.0 Å². The lowest BCUT2D eigenvalue weighted by Crippen LogP contribution is -2.42. The van der Waals surface area contributed by atoms with E-state index in [1.165, 1.54) is 116 Å². The first-order chi connectivity index (χ1) is 13.7. The average molecular weight is 386 g/mol. The van der Waals surface area contributed by atoms with Crippen molar-refractivity contribution < 1.29 is 0 Å². The fourth-order valence-corrected chi connectivity index (χ4v) is 7.33. The fourth-order valence-electron chi connectivity index (χ4n) is 7.33. The molecule has 1 heteroatoms. The summed E-state index contributed by atoms with van der Waals surface area (Å²) in [4.78, 5) is 0. The zero-order chi connectivity index (χ0) is 19.8. The molecule has 0 N–H and O–H groups in total. The topological polar surface area (TPSA) is 23.8 Å². The Bertz CT molecular complexity index is 483. The SMILES string of the molecule is CCCCCCCC1CCC(C2CC[C@]3(C#N)C[C@H](CCC)CC[C@@H]3C2)CC1. The van der Waals surface area contributed by atoms with E-state index in [1.54, 1.807) is 0 Å². The van der Waals surface area contributed by atoms with Gasteiger partial charge in [0.1, 0.15) is 0 Å². The van der Waals surface area contributed by atoms with Crippen molar-refractivity contribution in [1.29, 1.82) is 5.26 Å². The van der Waals surface area contributed by atoms with Gasteiger partial charge in [0.25, 0.3) is 0 Å². The standard InChI is InChI=1S/C27H47N/c1-3-5-6-7-8-10-22-11-14-24(15-12-22)25-17-18-27(21-28)20-23(9-4-2)13-16-26(27)19-25/h22-26H,3-20H2,1-2H3/t22?,23-,24?,25?,26-,27-/m1/s1. The summed E-state index contributed by atoms with van der Waals surface area (Å²) in [6.07, 6.45) is 25.3. The van der Waals surface area contributed by atoms with Gasteiger partial charge in [-0.1, -0.05) is 84.5 Å². The van der Waals surface area contributed by atoms with E-state index in [9.17, 15) is 5.26 Å². The molecule has 4 atom stereocenters. The minimum atomic E-state index is 0.0598. The maximum Gasteiger partial charge on any atom is 0.0692 e. The summed E-state index contributed by atoms with van der Waals surface area (Å²) >= 11 is 0. The minimum Gasteiger partial charge on any atom is -0.198 e. The lowest BCUT2D eigenvalue weighted by Gasteiger charge is -2.50. The maximum absolute atomic E-state index is 10.1. The summed E-state index contributed by atoms with van der Waals surface area (Å²) in [6, 6.07) is 2.88. The molecule has 0 bridgehead atoms. The van der Waals surface area contributed by atoms with Crippen molar-refractivity contribution >= 4 is 0 Å².